The van der Waals surface area contributed by atoms with E-state index >= 15 is 0 Å². The summed E-state index contributed by atoms with van der Waals surface area (Å²) < 4.78 is 7.76. The monoisotopic (exact) mass is 544 g/mol. The third kappa shape index (κ3) is 7.12. The Kier molecular flexibility index (Phi) is 10.8. The second kappa shape index (κ2) is 11.6. The number of hydrogen-bond acceptors (Lipinski definition) is 2. The fraction of sp³-hybridized carbons (Fsp3) is 0.556. The van der Waals surface area contributed by atoms with Crippen molar-refractivity contribution in [1.82, 2.24) is 4.90 Å². The molecule has 185 valence electrons. The van der Waals surface area contributed by atoms with Crippen LogP contribution in [0, 0.1) is 0 Å². The molecule has 0 amide bonds. The molecule has 1 aliphatic rings. The number of likely N-dealkylation sites (N-methyl/N-ethyl adjacent to an activating group) is 1. The van der Waals surface area contributed by atoms with Crippen LogP contribution in [0.5, 0.6) is 5.75 Å². The van der Waals surface area contributed by atoms with Crippen LogP contribution in [-0.4, -0.2) is 31.7 Å². The number of hydrogen-bond donors (Lipinski definition) is 0. The molecule has 2 nitrogen and oxygen atoms in total. The van der Waals surface area contributed by atoms with E-state index in [1.54, 1.807) is 5.56 Å². The van der Waals surface area contributed by atoms with E-state index in [1.807, 2.05) is 0 Å². The summed E-state index contributed by atoms with van der Waals surface area (Å²) in [7, 11) is 4.50. The van der Waals surface area contributed by atoms with Gasteiger partial charge in [-0.3, -0.25) is 0 Å². The maximum Gasteiger partial charge on any atom is -0.147 e. The number of fused-ring (bicyclic) bond motifs is 1. The number of rotatable bonds is 5. The molecule has 0 fully saturated rings. The molecule has 0 radical (unpaired) electrons. The Bertz CT molecular complexity index is 889. The van der Waals surface area contributed by atoms with E-state index in [-0.39, 0.29) is 35.6 Å². The van der Waals surface area contributed by atoms with E-state index in [4.69, 9.17) is 3.32 Å². The van der Waals surface area contributed by atoms with Crippen LogP contribution < -0.4 is 3.32 Å². The van der Waals surface area contributed by atoms with Crippen molar-refractivity contribution in [3.63, 3.8) is 0 Å². The molecule has 33 heavy (non-hydrogen) atoms. The molecule has 0 aliphatic heterocycles. The van der Waals surface area contributed by atoms with Crippen molar-refractivity contribution in [2.75, 3.05) is 14.1 Å². The van der Waals surface area contributed by atoms with Gasteiger partial charge in [0.2, 0.25) is 0 Å². The number of halogens is 2. The molecule has 2 aromatic rings. The molecule has 0 saturated carbocycles. The summed E-state index contributed by atoms with van der Waals surface area (Å²) in [6.45, 7) is 17.9. The largest absolute Gasteiger partial charge is 0.147 e. The van der Waals surface area contributed by atoms with Gasteiger partial charge < -0.3 is 0 Å². The number of nitrogens with zero attached hydrogens (tertiary/aromatic N) is 1. The summed E-state index contributed by atoms with van der Waals surface area (Å²) in [6.07, 6.45) is 1.16. The Morgan fingerprint density at radius 1 is 0.879 bits per heavy atom. The van der Waals surface area contributed by atoms with Gasteiger partial charge in [-0.05, 0) is 0 Å². The van der Waals surface area contributed by atoms with Crippen molar-refractivity contribution in [1.29, 1.82) is 0 Å². The van der Waals surface area contributed by atoms with Crippen LogP contribution in [0.2, 0.25) is 13.1 Å². The average molecular weight is 546 g/mol. The molecule has 0 spiro atoms. The average Bonchev–Trinajstić information content (AvgIpc) is 3.04. The van der Waals surface area contributed by atoms with Gasteiger partial charge in [-0.15, -0.1) is 24.8 Å². The van der Waals surface area contributed by atoms with E-state index < -0.39 is 24.2 Å². The quantitative estimate of drug-likeness (QED) is 0.367. The topological polar surface area (TPSA) is 12.5 Å². The first-order chi connectivity index (χ1) is 14.3. The molecule has 2 unspecified atom stereocenters. The molecule has 0 bridgehead atoms. The van der Waals surface area contributed by atoms with E-state index in [1.165, 1.54) is 16.7 Å². The maximum absolute atomic E-state index is 7.17. The van der Waals surface area contributed by atoms with Crippen molar-refractivity contribution in [3.8, 4) is 5.75 Å². The second-order valence-electron chi connectivity index (χ2n) is 11.8. The fourth-order valence-electron chi connectivity index (χ4n) is 4.60. The Morgan fingerprint density at radius 3 is 1.85 bits per heavy atom. The first kappa shape index (κ1) is 30.7. The zero-order valence-electron chi connectivity index (χ0n) is 22.2. The maximum atomic E-state index is 7.17. The fourth-order valence-corrected chi connectivity index (χ4v) is 15.2. The third-order valence-electron chi connectivity index (χ3n) is 6.62. The van der Waals surface area contributed by atoms with Gasteiger partial charge in [0, 0.05) is 0 Å². The summed E-state index contributed by atoms with van der Waals surface area (Å²) in [6, 6.07) is 16.8. The Morgan fingerprint density at radius 2 is 1.39 bits per heavy atom. The predicted molar refractivity (Wildman–Crippen MR) is 148 cm³/mol. The summed E-state index contributed by atoms with van der Waals surface area (Å²) in [5.74, 6) is 1.12. The second-order valence-corrected chi connectivity index (χ2v) is 24.4. The minimum Gasteiger partial charge on any atom is -0.147 e. The molecular weight excluding hydrogens is 501 g/mol. The van der Waals surface area contributed by atoms with Crippen LogP contribution in [0.1, 0.15) is 68.0 Å². The Hall–Kier alpha value is -0.289. The van der Waals surface area contributed by atoms with Crippen LogP contribution in [0.25, 0.3) is 0 Å². The van der Waals surface area contributed by atoms with E-state index in [0.29, 0.717) is 10.3 Å². The van der Waals surface area contributed by atoms with Gasteiger partial charge in [-0.2, -0.15) is 0 Å². The minimum atomic E-state index is -1.84. The van der Waals surface area contributed by atoms with Gasteiger partial charge in [0.05, 0.1) is 0 Å². The van der Waals surface area contributed by atoms with E-state index in [9.17, 15) is 0 Å². The molecule has 6 heteroatoms. The molecule has 0 heterocycles. The molecule has 0 aromatic heterocycles. The smallest absolute Gasteiger partial charge is 0.147 e. The van der Waals surface area contributed by atoms with Crippen molar-refractivity contribution in [2.24, 2.45) is 0 Å². The molecule has 1 aliphatic carbocycles. The molecule has 0 saturated heterocycles. The standard InChI is InChI=1S/C14H22O.C11H14N.C2H7Si.2ClH.Ti/c1-13(2,3)10-7-11(14(4,5)6)9-12(15)8-10;1-12(2)11-7-9-5-3-4-6-10(9)8-11;1-3-2;;;/h7-9,15H,1-6H3;3-7,11H,8H2,1-2H3;3H,1-2H3;2*1H;/q;;;;;+1/p-1. The molecule has 3 rings (SSSR count). The number of benzene rings is 2. The van der Waals surface area contributed by atoms with Crippen LogP contribution in [0.4, 0.5) is 0 Å². The van der Waals surface area contributed by atoms with Crippen LogP contribution in [0.3, 0.4) is 0 Å². The van der Waals surface area contributed by atoms with Gasteiger partial charge in [-0.1, -0.05) is 0 Å². The van der Waals surface area contributed by atoms with Gasteiger partial charge in [0.25, 0.3) is 0 Å². The normalized spacial score (nSPS) is 17.9. The van der Waals surface area contributed by atoms with Gasteiger partial charge in [-0.25, -0.2) is 0 Å². The third-order valence-corrected chi connectivity index (χ3v) is 17.8. The zero-order valence-corrected chi connectivity index (χ0v) is 26.5. The van der Waals surface area contributed by atoms with E-state index in [2.05, 4.69) is 116 Å². The van der Waals surface area contributed by atoms with Crippen LogP contribution in [-0.2, 0) is 34.8 Å². The van der Waals surface area contributed by atoms with Gasteiger partial charge in [0.1, 0.15) is 0 Å². The first-order valence-corrected chi connectivity index (χ1v) is 18.9. The molecule has 2 atom stereocenters. The Labute approximate surface area is 222 Å². The molecular formula is C27H44Cl2NOSiTi. The summed E-state index contributed by atoms with van der Waals surface area (Å²) >= 11 is -1.84. The van der Waals surface area contributed by atoms with Crippen molar-refractivity contribution >= 4 is 31.5 Å². The molecule has 0 N–H and O–H groups in total. The Balaban J connectivity index is 0.00000272. The SMILES string of the molecule is CN(C)C1Cc2ccccc2[CH]1[Ti]([O]c1cc(C(C)(C)C)cc(C(C)(C)C)c1)[SiH](C)C.Cl.Cl. The van der Waals surface area contributed by atoms with Crippen molar-refractivity contribution in [2.45, 2.75) is 82.2 Å². The minimum absolute atomic E-state index is 0. The van der Waals surface area contributed by atoms with Crippen molar-refractivity contribution < 1.29 is 20.8 Å². The van der Waals surface area contributed by atoms with Crippen molar-refractivity contribution in [3.05, 3.63) is 64.7 Å². The first-order valence-electron chi connectivity index (χ1n) is 11.7. The van der Waals surface area contributed by atoms with Crippen LogP contribution in [0.15, 0.2) is 42.5 Å². The molecule has 2 aromatic carbocycles. The summed E-state index contributed by atoms with van der Waals surface area (Å²) in [5, 5.41) is 0. The van der Waals surface area contributed by atoms with Crippen LogP contribution >= 0.6 is 24.8 Å². The van der Waals surface area contributed by atoms with E-state index in [0.717, 1.165) is 12.2 Å². The predicted octanol–water partition coefficient (Wildman–Crippen LogP) is 7.25. The summed E-state index contributed by atoms with van der Waals surface area (Å²) in [4.78, 5) is 2.45. The summed E-state index contributed by atoms with van der Waals surface area (Å²) in [5.41, 5.74) is 6.10. The zero-order chi connectivity index (χ0) is 23.1. The van der Waals surface area contributed by atoms with Gasteiger partial charge in [0.15, 0.2) is 0 Å². The van der Waals surface area contributed by atoms with Gasteiger partial charge >= 0.3 is 199 Å².